The summed E-state index contributed by atoms with van der Waals surface area (Å²) in [7, 11) is 0. The molecule has 0 aliphatic carbocycles. The first-order chi connectivity index (χ1) is 11.4. The van der Waals surface area contributed by atoms with Crippen molar-refractivity contribution in [1.82, 2.24) is 0 Å². The van der Waals surface area contributed by atoms with Crippen LogP contribution in [0.4, 0.5) is 11.4 Å². The lowest BCUT2D eigenvalue weighted by atomic mass is 10.1. The van der Waals surface area contributed by atoms with Gasteiger partial charge in [0.2, 0.25) is 0 Å². The molecule has 0 radical (unpaired) electrons. The van der Waals surface area contributed by atoms with Gasteiger partial charge >= 0.3 is 0 Å². The van der Waals surface area contributed by atoms with E-state index in [1.807, 2.05) is 24.8 Å². The molecule has 0 saturated heterocycles. The van der Waals surface area contributed by atoms with Gasteiger partial charge < -0.3 is 14.2 Å². The summed E-state index contributed by atoms with van der Waals surface area (Å²) in [5.74, 6) is 0. The molecule has 2 aromatic carbocycles. The number of furan rings is 1. The summed E-state index contributed by atoms with van der Waals surface area (Å²) in [6.07, 6.45) is 3.82. The molecule has 1 aromatic heterocycles. The van der Waals surface area contributed by atoms with Crippen LogP contribution in [0.15, 0.2) is 50.8 Å². The number of benzene rings is 2. The van der Waals surface area contributed by atoms with Crippen molar-refractivity contribution in [3.63, 3.8) is 0 Å². The van der Waals surface area contributed by atoms with Crippen molar-refractivity contribution in [3.8, 4) is 0 Å². The number of rotatable bonds is 2. The highest BCUT2D eigenvalue weighted by Gasteiger charge is 2.14. The average Bonchev–Trinajstić information content (AvgIpc) is 3.33. The smallest absolute Gasteiger partial charge is 0.135 e. The summed E-state index contributed by atoms with van der Waals surface area (Å²) in [4.78, 5) is 12.9. The standard InChI is InChI=1S/C18H16N4O.2ClH/c1-3-17-15(9-13(1)21-7-5-19-11-21)16-10-14(2-4-18(16)23-17)22-8-6-20-12-22;;/h1-4,9-12H,5-8H2;2*1H. The summed E-state index contributed by atoms with van der Waals surface area (Å²) in [5, 5.41) is 2.30. The Morgan fingerprint density at radius 3 is 1.60 bits per heavy atom. The maximum atomic E-state index is 5.98. The second-order valence-electron chi connectivity index (χ2n) is 5.89. The summed E-state index contributed by atoms with van der Waals surface area (Å²) < 4.78 is 5.98. The van der Waals surface area contributed by atoms with Crippen LogP contribution in [0, 0.1) is 0 Å². The number of nitrogens with zero attached hydrogens (tertiary/aromatic N) is 4. The van der Waals surface area contributed by atoms with Crippen molar-refractivity contribution in [3.05, 3.63) is 36.4 Å². The van der Waals surface area contributed by atoms with E-state index >= 15 is 0 Å². The molecule has 5 nitrogen and oxygen atoms in total. The lowest BCUT2D eigenvalue weighted by Gasteiger charge is -2.14. The number of halogens is 2. The zero-order valence-electron chi connectivity index (χ0n) is 13.5. The Morgan fingerprint density at radius 2 is 1.20 bits per heavy atom. The molecule has 0 N–H and O–H groups in total. The Balaban J connectivity index is 0.000000911. The van der Waals surface area contributed by atoms with E-state index in [0.717, 1.165) is 59.5 Å². The fourth-order valence-electron chi connectivity index (χ4n) is 3.26. The molecular weight excluding hydrogens is 359 g/mol. The van der Waals surface area contributed by atoms with Crippen LogP contribution in [0.3, 0.4) is 0 Å². The molecule has 2 aliphatic rings. The Bertz CT molecular complexity index is 890. The van der Waals surface area contributed by atoms with Gasteiger partial charge in [0, 0.05) is 35.2 Å². The predicted octanol–water partition coefficient (Wildman–Crippen LogP) is 4.13. The molecule has 0 unspecified atom stereocenters. The SMILES string of the molecule is C1=NCCN1c1ccc2oc3ccc(N4C=NCC4)cc3c2c1.Cl.Cl. The molecule has 3 heterocycles. The molecule has 130 valence electrons. The second kappa shape index (κ2) is 6.94. The molecule has 3 aromatic rings. The molecule has 0 amide bonds. The molecule has 25 heavy (non-hydrogen) atoms. The van der Waals surface area contributed by atoms with Gasteiger partial charge in [-0.3, -0.25) is 9.98 Å². The number of anilines is 2. The fourth-order valence-corrected chi connectivity index (χ4v) is 3.26. The van der Waals surface area contributed by atoms with Gasteiger partial charge in [-0.2, -0.15) is 0 Å². The fraction of sp³-hybridized carbons (Fsp3) is 0.222. The maximum Gasteiger partial charge on any atom is 0.135 e. The van der Waals surface area contributed by atoms with Gasteiger partial charge in [0.05, 0.1) is 25.8 Å². The molecule has 0 saturated carbocycles. The summed E-state index contributed by atoms with van der Waals surface area (Å²) in [6.45, 7) is 3.61. The van der Waals surface area contributed by atoms with Crippen LogP contribution < -0.4 is 9.80 Å². The highest BCUT2D eigenvalue weighted by atomic mass is 35.5. The minimum absolute atomic E-state index is 0. The van der Waals surface area contributed by atoms with E-state index in [1.54, 1.807) is 0 Å². The third-order valence-corrected chi connectivity index (χ3v) is 4.48. The van der Waals surface area contributed by atoms with Crippen molar-refractivity contribution < 1.29 is 4.42 Å². The number of fused-ring (bicyclic) bond motifs is 3. The number of hydrogen-bond donors (Lipinski definition) is 0. The Kier molecular flexibility index (Phi) is 4.88. The molecule has 0 atom stereocenters. The van der Waals surface area contributed by atoms with Gasteiger partial charge in [0.1, 0.15) is 11.2 Å². The van der Waals surface area contributed by atoms with Gasteiger partial charge in [0.25, 0.3) is 0 Å². The quantitative estimate of drug-likeness (QED) is 0.675. The van der Waals surface area contributed by atoms with Gasteiger partial charge in [-0.25, -0.2) is 0 Å². The Labute approximate surface area is 157 Å². The van der Waals surface area contributed by atoms with Gasteiger partial charge in [0.15, 0.2) is 0 Å². The average molecular weight is 377 g/mol. The van der Waals surface area contributed by atoms with E-state index in [2.05, 4.69) is 44.1 Å². The Morgan fingerprint density at radius 1 is 0.720 bits per heavy atom. The van der Waals surface area contributed by atoms with E-state index in [1.165, 1.54) is 0 Å². The molecule has 7 heteroatoms. The van der Waals surface area contributed by atoms with Crippen LogP contribution in [0.2, 0.25) is 0 Å². The van der Waals surface area contributed by atoms with Gasteiger partial charge in [-0.05, 0) is 36.4 Å². The summed E-state index contributed by atoms with van der Waals surface area (Å²) >= 11 is 0. The largest absolute Gasteiger partial charge is 0.456 e. The molecular formula is C18H18Cl2N4O. The summed E-state index contributed by atoms with van der Waals surface area (Å²) in [6, 6.07) is 12.7. The third kappa shape index (κ3) is 2.94. The van der Waals surface area contributed by atoms with Crippen LogP contribution in [0.5, 0.6) is 0 Å². The zero-order chi connectivity index (χ0) is 15.2. The first kappa shape index (κ1) is 17.6. The van der Waals surface area contributed by atoms with E-state index in [-0.39, 0.29) is 24.8 Å². The lowest BCUT2D eigenvalue weighted by Crippen LogP contribution is -2.18. The van der Waals surface area contributed by atoms with Crippen molar-refractivity contribution in [2.24, 2.45) is 9.98 Å². The van der Waals surface area contributed by atoms with Gasteiger partial charge in [-0.1, -0.05) is 0 Å². The van der Waals surface area contributed by atoms with Crippen LogP contribution in [0.25, 0.3) is 21.9 Å². The number of aliphatic imine (C=N–C) groups is 2. The van der Waals surface area contributed by atoms with E-state index in [4.69, 9.17) is 4.42 Å². The van der Waals surface area contributed by atoms with E-state index < -0.39 is 0 Å². The van der Waals surface area contributed by atoms with Crippen LogP contribution in [0.1, 0.15) is 0 Å². The lowest BCUT2D eigenvalue weighted by molar-refractivity contribution is 0.669. The second-order valence-corrected chi connectivity index (χ2v) is 5.89. The van der Waals surface area contributed by atoms with Crippen molar-refractivity contribution in [1.29, 1.82) is 0 Å². The van der Waals surface area contributed by atoms with Crippen molar-refractivity contribution >= 4 is 70.8 Å². The monoisotopic (exact) mass is 376 g/mol. The van der Waals surface area contributed by atoms with Gasteiger partial charge in [-0.15, -0.1) is 24.8 Å². The van der Waals surface area contributed by atoms with Crippen molar-refractivity contribution in [2.45, 2.75) is 0 Å². The zero-order valence-corrected chi connectivity index (χ0v) is 15.1. The molecule has 0 fully saturated rings. The minimum atomic E-state index is 0. The molecule has 5 rings (SSSR count). The highest BCUT2D eigenvalue weighted by Crippen LogP contribution is 2.34. The Hall–Kier alpha value is -2.24. The van der Waals surface area contributed by atoms with Crippen LogP contribution >= 0.6 is 24.8 Å². The van der Waals surface area contributed by atoms with E-state index in [9.17, 15) is 0 Å². The number of hydrogen-bond acceptors (Lipinski definition) is 5. The first-order valence-corrected chi connectivity index (χ1v) is 7.88. The van der Waals surface area contributed by atoms with E-state index in [0.29, 0.717) is 0 Å². The highest BCUT2D eigenvalue weighted by molar-refractivity contribution is 6.08. The molecule has 0 spiro atoms. The third-order valence-electron chi connectivity index (χ3n) is 4.48. The topological polar surface area (TPSA) is 44.3 Å². The molecule has 2 aliphatic heterocycles. The maximum absolute atomic E-state index is 5.98. The van der Waals surface area contributed by atoms with Crippen LogP contribution in [-0.4, -0.2) is 38.9 Å². The summed E-state index contributed by atoms with van der Waals surface area (Å²) in [5.41, 5.74) is 4.17. The first-order valence-electron chi connectivity index (χ1n) is 7.88. The van der Waals surface area contributed by atoms with Crippen LogP contribution in [-0.2, 0) is 0 Å². The van der Waals surface area contributed by atoms with Crippen molar-refractivity contribution in [2.75, 3.05) is 36.0 Å². The molecule has 0 bridgehead atoms. The minimum Gasteiger partial charge on any atom is -0.456 e. The normalized spacial score (nSPS) is 15.8. The predicted molar refractivity (Wildman–Crippen MR) is 110 cm³/mol.